The zero-order valence-electron chi connectivity index (χ0n) is 11.3. The Morgan fingerprint density at radius 2 is 2.00 bits per heavy atom. The average molecular weight is 366 g/mol. The summed E-state index contributed by atoms with van der Waals surface area (Å²) in [7, 11) is 0. The van der Waals surface area contributed by atoms with Gasteiger partial charge in [0, 0.05) is 23.2 Å². The van der Waals surface area contributed by atoms with Crippen LogP contribution in [0.5, 0.6) is 0 Å². The molecule has 5 heteroatoms. The lowest BCUT2D eigenvalue weighted by atomic mass is 9.97. The number of benzene rings is 2. The zero-order chi connectivity index (χ0) is 15.0. The molecule has 0 bridgehead atoms. The fourth-order valence-electron chi connectivity index (χ4n) is 2.62. The van der Waals surface area contributed by atoms with Crippen LogP contribution >= 0.6 is 27.5 Å². The van der Waals surface area contributed by atoms with E-state index in [1.165, 1.54) is 5.56 Å². The average Bonchev–Trinajstić information content (AvgIpc) is 2.49. The van der Waals surface area contributed by atoms with Gasteiger partial charge in [-0.1, -0.05) is 29.8 Å². The molecule has 3 rings (SSSR count). The zero-order valence-corrected chi connectivity index (χ0v) is 13.6. The molecule has 0 saturated carbocycles. The van der Waals surface area contributed by atoms with E-state index in [2.05, 4.69) is 22.0 Å². The van der Waals surface area contributed by atoms with E-state index in [0.29, 0.717) is 23.7 Å². The molecule has 1 amide bonds. The fourth-order valence-corrected chi connectivity index (χ4v) is 3.19. The Morgan fingerprint density at radius 1 is 1.24 bits per heavy atom. The maximum absolute atomic E-state index is 12.7. The number of hydrogen-bond donors (Lipinski definition) is 1. The Kier molecular flexibility index (Phi) is 3.91. The molecule has 0 radical (unpaired) electrons. The van der Waals surface area contributed by atoms with Gasteiger partial charge in [0.15, 0.2) is 0 Å². The Morgan fingerprint density at radius 3 is 2.81 bits per heavy atom. The number of amides is 1. The number of carbonyl (C=O) groups excluding carboxylic acids is 1. The minimum atomic E-state index is -0.0600. The third-order valence-corrected chi connectivity index (χ3v) is 5.07. The van der Waals surface area contributed by atoms with Gasteiger partial charge < -0.3 is 10.6 Å². The van der Waals surface area contributed by atoms with Crippen molar-refractivity contribution in [2.75, 3.05) is 12.3 Å². The fraction of sp³-hybridized carbons (Fsp3) is 0.188. The van der Waals surface area contributed by atoms with Gasteiger partial charge in [-0.05, 0) is 51.7 Å². The molecular formula is C16H14BrClN2O. The number of rotatable bonds is 1. The topological polar surface area (TPSA) is 46.3 Å². The Balaban J connectivity index is 1.91. The molecule has 21 heavy (non-hydrogen) atoms. The molecule has 0 unspecified atom stereocenters. The number of nitrogens with zero attached hydrogens (tertiary/aromatic N) is 1. The molecule has 0 spiro atoms. The highest BCUT2D eigenvalue weighted by Gasteiger charge is 2.24. The Labute approximate surface area is 136 Å². The molecule has 0 fully saturated rings. The van der Waals surface area contributed by atoms with E-state index in [0.717, 1.165) is 22.1 Å². The number of halogens is 2. The number of fused-ring (bicyclic) bond motifs is 1. The van der Waals surface area contributed by atoms with Crippen molar-refractivity contribution in [2.45, 2.75) is 13.0 Å². The van der Waals surface area contributed by atoms with Gasteiger partial charge in [-0.3, -0.25) is 4.79 Å². The Hall–Kier alpha value is -1.52. The first-order valence-corrected chi connectivity index (χ1v) is 7.84. The van der Waals surface area contributed by atoms with Gasteiger partial charge in [0.1, 0.15) is 0 Å². The molecule has 2 N–H and O–H groups in total. The molecule has 108 valence electrons. The molecule has 3 nitrogen and oxygen atoms in total. The first-order valence-electron chi connectivity index (χ1n) is 6.67. The van der Waals surface area contributed by atoms with Gasteiger partial charge in [-0.25, -0.2) is 0 Å². The summed E-state index contributed by atoms with van der Waals surface area (Å²) in [5, 5.41) is 0.453. The molecular weight excluding hydrogens is 352 g/mol. The van der Waals surface area contributed by atoms with Crippen molar-refractivity contribution >= 4 is 39.1 Å². The van der Waals surface area contributed by atoms with E-state index in [4.69, 9.17) is 17.3 Å². The van der Waals surface area contributed by atoms with Gasteiger partial charge in [0.05, 0.1) is 10.6 Å². The lowest BCUT2D eigenvalue weighted by Gasteiger charge is -2.30. The highest BCUT2D eigenvalue weighted by atomic mass is 79.9. The highest BCUT2D eigenvalue weighted by Crippen LogP contribution is 2.29. The minimum absolute atomic E-state index is 0.0600. The molecule has 0 aliphatic carbocycles. The van der Waals surface area contributed by atoms with Crippen molar-refractivity contribution in [3.05, 3.63) is 62.6 Å². The van der Waals surface area contributed by atoms with Crippen LogP contribution in [0.2, 0.25) is 5.02 Å². The summed E-state index contributed by atoms with van der Waals surface area (Å²) < 4.78 is 0.729. The maximum Gasteiger partial charge on any atom is 0.255 e. The molecule has 0 saturated heterocycles. The Bertz CT molecular complexity index is 717. The van der Waals surface area contributed by atoms with E-state index >= 15 is 0 Å². The molecule has 0 aromatic heterocycles. The number of carbonyl (C=O) groups is 1. The number of hydrogen-bond acceptors (Lipinski definition) is 2. The van der Waals surface area contributed by atoms with E-state index in [1.807, 2.05) is 24.3 Å². The predicted molar refractivity (Wildman–Crippen MR) is 88.5 cm³/mol. The van der Waals surface area contributed by atoms with Crippen LogP contribution in [0, 0.1) is 0 Å². The van der Waals surface area contributed by atoms with Crippen molar-refractivity contribution in [3.63, 3.8) is 0 Å². The molecule has 2 aromatic rings. The van der Waals surface area contributed by atoms with Crippen LogP contribution in [-0.2, 0) is 13.0 Å². The first-order chi connectivity index (χ1) is 10.1. The summed E-state index contributed by atoms with van der Waals surface area (Å²) in [4.78, 5) is 14.5. The second-order valence-corrected chi connectivity index (χ2v) is 6.30. The lowest BCUT2D eigenvalue weighted by molar-refractivity contribution is 0.0735. The third-order valence-electron chi connectivity index (χ3n) is 3.78. The second-order valence-electron chi connectivity index (χ2n) is 5.06. The van der Waals surface area contributed by atoms with Gasteiger partial charge in [0.25, 0.3) is 5.91 Å². The molecule has 2 aromatic carbocycles. The van der Waals surface area contributed by atoms with Crippen molar-refractivity contribution in [2.24, 2.45) is 0 Å². The van der Waals surface area contributed by atoms with Crippen LogP contribution in [0.4, 0.5) is 5.69 Å². The van der Waals surface area contributed by atoms with Gasteiger partial charge in [-0.15, -0.1) is 0 Å². The van der Waals surface area contributed by atoms with Crippen LogP contribution in [0.3, 0.4) is 0 Å². The van der Waals surface area contributed by atoms with Gasteiger partial charge in [-0.2, -0.15) is 0 Å². The largest absolute Gasteiger partial charge is 0.398 e. The monoisotopic (exact) mass is 364 g/mol. The van der Waals surface area contributed by atoms with Gasteiger partial charge >= 0.3 is 0 Å². The summed E-state index contributed by atoms with van der Waals surface area (Å²) in [6.07, 6.45) is 0.817. The lowest BCUT2D eigenvalue weighted by Crippen LogP contribution is -2.36. The normalized spacial score (nSPS) is 13.9. The summed E-state index contributed by atoms with van der Waals surface area (Å²) in [6, 6.07) is 11.3. The minimum Gasteiger partial charge on any atom is -0.398 e. The first kappa shape index (κ1) is 14.4. The number of nitrogens with two attached hydrogens (primary N) is 1. The number of anilines is 1. The standard InChI is InChI=1S/C16H14BrClN2O/c17-13-5-2-4-11(15(13)18)16(21)20-8-7-10-3-1-6-14(19)12(10)9-20/h1-6H,7-9,19H2. The van der Waals surface area contributed by atoms with E-state index in [9.17, 15) is 4.79 Å². The van der Waals surface area contributed by atoms with E-state index in [-0.39, 0.29) is 5.91 Å². The predicted octanol–water partition coefficient (Wildman–Crippen LogP) is 3.88. The smallest absolute Gasteiger partial charge is 0.255 e. The summed E-state index contributed by atoms with van der Waals surface area (Å²) in [6.45, 7) is 1.21. The maximum atomic E-state index is 12.7. The number of nitrogen functional groups attached to an aromatic ring is 1. The summed E-state index contributed by atoms with van der Waals surface area (Å²) >= 11 is 9.57. The van der Waals surface area contributed by atoms with Crippen LogP contribution < -0.4 is 5.73 Å². The van der Waals surface area contributed by atoms with E-state index < -0.39 is 0 Å². The van der Waals surface area contributed by atoms with Crippen LogP contribution in [0.1, 0.15) is 21.5 Å². The quantitative estimate of drug-likeness (QED) is 0.780. The van der Waals surface area contributed by atoms with E-state index in [1.54, 1.807) is 11.0 Å². The summed E-state index contributed by atoms with van der Waals surface area (Å²) in [5.74, 6) is -0.0600. The molecule has 0 atom stereocenters. The van der Waals surface area contributed by atoms with Crippen LogP contribution in [0.15, 0.2) is 40.9 Å². The van der Waals surface area contributed by atoms with Crippen LogP contribution in [0.25, 0.3) is 0 Å². The molecule has 1 aliphatic rings. The SMILES string of the molecule is Nc1cccc2c1CN(C(=O)c1cccc(Br)c1Cl)CC2. The van der Waals surface area contributed by atoms with Crippen molar-refractivity contribution in [1.82, 2.24) is 4.90 Å². The van der Waals surface area contributed by atoms with Gasteiger partial charge in [0.2, 0.25) is 0 Å². The molecule has 1 aliphatic heterocycles. The highest BCUT2D eigenvalue weighted by molar-refractivity contribution is 9.10. The second kappa shape index (κ2) is 5.70. The van der Waals surface area contributed by atoms with Crippen molar-refractivity contribution in [3.8, 4) is 0 Å². The third kappa shape index (κ3) is 2.65. The van der Waals surface area contributed by atoms with Crippen LogP contribution in [-0.4, -0.2) is 17.4 Å². The van der Waals surface area contributed by atoms with Crippen molar-refractivity contribution in [1.29, 1.82) is 0 Å². The molecule has 1 heterocycles. The van der Waals surface area contributed by atoms with Crippen molar-refractivity contribution < 1.29 is 4.79 Å². The summed E-state index contributed by atoms with van der Waals surface area (Å²) in [5.41, 5.74) is 9.55.